The lowest BCUT2D eigenvalue weighted by Crippen LogP contribution is -2.47. The molecular weight excluding hydrogens is 284 g/mol. The first-order chi connectivity index (χ1) is 11.1. The van der Waals surface area contributed by atoms with Crippen LogP contribution in [0.5, 0.6) is 0 Å². The summed E-state index contributed by atoms with van der Waals surface area (Å²) in [6.07, 6.45) is 2.01. The summed E-state index contributed by atoms with van der Waals surface area (Å²) in [6.45, 7) is 8.09. The number of nitrogens with one attached hydrogen (secondary N) is 1. The quantitative estimate of drug-likeness (QED) is 0.564. The summed E-state index contributed by atoms with van der Waals surface area (Å²) in [6, 6.07) is 19.9. The second-order valence-electron chi connectivity index (χ2n) is 6.09. The zero-order valence-corrected chi connectivity index (χ0v) is 13.9. The number of aliphatic hydroxyl groups is 1. The molecule has 0 fully saturated rings. The van der Waals surface area contributed by atoms with E-state index in [-0.39, 0.29) is 6.04 Å². The van der Waals surface area contributed by atoms with Gasteiger partial charge in [0.05, 0.1) is 23.5 Å². The van der Waals surface area contributed by atoms with Crippen LogP contribution >= 0.6 is 0 Å². The third-order valence-corrected chi connectivity index (χ3v) is 3.69. The molecule has 23 heavy (non-hydrogen) atoms. The Morgan fingerprint density at radius 3 is 1.87 bits per heavy atom. The Kier molecular flexibility index (Phi) is 6.39. The molecule has 2 N–H and O–H groups in total. The Bertz CT molecular complexity index is 544. The lowest BCUT2D eigenvalue weighted by atomic mass is 10.0. The van der Waals surface area contributed by atoms with E-state index in [0.29, 0.717) is 5.92 Å². The maximum Gasteiger partial charge on any atom is 0.0749 e. The van der Waals surface area contributed by atoms with E-state index in [0.717, 1.165) is 17.8 Å². The number of hydrogen-bond acceptors (Lipinski definition) is 3. The molecule has 2 atom stereocenters. The molecule has 0 spiro atoms. The number of anilines is 2. The molecule has 2 aromatic carbocycles. The molecule has 3 nitrogen and oxygen atoms in total. The lowest BCUT2D eigenvalue weighted by molar-refractivity contribution is 0.122. The molecule has 0 saturated heterocycles. The Morgan fingerprint density at radius 2 is 1.48 bits per heavy atom. The van der Waals surface area contributed by atoms with Gasteiger partial charge in [0.2, 0.25) is 0 Å². The van der Waals surface area contributed by atoms with E-state index in [1.165, 1.54) is 0 Å². The van der Waals surface area contributed by atoms with Crippen LogP contribution in [0.1, 0.15) is 20.3 Å². The van der Waals surface area contributed by atoms with Crippen molar-refractivity contribution in [1.82, 2.24) is 5.43 Å². The second kappa shape index (κ2) is 8.51. The van der Waals surface area contributed by atoms with Crippen molar-refractivity contribution in [3.63, 3.8) is 0 Å². The summed E-state index contributed by atoms with van der Waals surface area (Å²) in [5.41, 5.74) is 5.44. The van der Waals surface area contributed by atoms with Crippen LogP contribution in [0.3, 0.4) is 0 Å². The number of hydrogen-bond donors (Lipinski definition) is 2. The molecule has 0 amide bonds. The summed E-state index contributed by atoms with van der Waals surface area (Å²) >= 11 is 0. The average molecular weight is 310 g/mol. The molecule has 0 aromatic heterocycles. The fourth-order valence-corrected chi connectivity index (χ4v) is 2.53. The smallest absolute Gasteiger partial charge is 0.0749 e. The van der Waals surface area contributed by atoms with Crippen molar-refractivity contribution in [3.05, 3.63) is 73.3 Å². The molecule has 0 bridgehead atoms. The van der Waals surface area contributed by atoms with Crippen molar-refractivity contribution >= 4 is 11.4 Å². The summed E-state index contributed by atoms with van der Waals surface area (Å²) in [5.74, 6) is 0.427. The third-order valence-electron chi connectivity index (χ3n) is 3.69. The minimum Gasteiger partial charge on any atom is -0.391 e. The SMILES string of the molecule is C=C[C@@H](NN(c1ccccc1)c1ccccc1)[C@@H](O)CC(C)C. The molecule has 0 unspecified atom stereocenters. The predicted octanol–water partition coefficient (Wildman–Crippen LogP) is 4.29. The summed E-state index contributed by atoms with van der Waals surface area (Å²) < 4.78 is 0. The first-order valence-electron chi connectivity index (χ1n) is 8.09. The van der Waals surface area contributed by atoms with Crippen molar-refractivity contribution in [1.29, 1.82) is 0 Å². The van der Waals surface area contributed by atoms with Crippen LogP contribution in [0, 0.1) is 5.92 Å². The average Bonchev–Trinajstić information content (AvgIpc) is 2.56. The van der Waals surface area contributed by atoms with Gasteiger partial charge in [0.15, 0.2) is 0 Å². The van der Waals surface area contributed by atoms with Crippen LogP contribution in [0.15, 0.2) is 73.3 Å². The predicted molar refractivity (Wildman–Crippen MR) is 97.6 cm³/mol. The van der Waals surface area contributed by atoms with Gasteiger partial charge < -0.3 is 5.11 Å². The highest BCUT2D eigenvalue weighted by Gasteiger charge is 2.20. The Labute approximate surface area is 139 Å². The van der Waals surface area contributed by atoms with Gasteiger partial charge in [-0.1, -0.05) is 56.3 Å². The van der Waals surface area contributed by atoms with Crippen molar-refractivity contribution in [3.8, 4) is 0 Å². The van der Waals surface area contributed by atoms with Crippen LogP contribution in [0.4, 0.5) is 11.4 Å². The number of para-hydroxylation sites is 2. The molecular formula is C20H26N2O. The van der Waals surface area contributed by atoms with E-state index in [1.54, 1.807) is 6.08 Å². The maximum atomic E-state index is 10.5. The van der Waals surface area contributed by atoms with Crippen LogP contribution in [-0.4, -0.2) is 17.3 Å². The number of rotatable bonds is 8. The molecule has 2 aromatic rings. The van der Waals surface area contributed by atoms with Crippen molar-refractivity contribution in [2.24, 2.45) is 5.92 Å². The minimum absolute atomic E-state index is 0.224. The lowest BCUT2D eigenvalue weighted by Gasteiger charge is -2.32. The number of aliphatic hydroxyl groups excluding tert-OH is 1. The molecule has 0 aliphatic heterocycles. The van der Waals surface area contributed by atoms with Crippen molar-refractivity contribution in [2.75, 3.05) is 5.01 Å². The standard InChI is InChI=1S/C20H26N2O/c1-4-19(20(23)15-16(2)3)21-22(17-11-7-5-8-12-17)18-13-9-6-10-14-18/h4-14,16,19-21,23H,1,15H2,2-3H3/t19-,20+/m1/s1. The van der Waals surface area contributed by atoms with Gasteiger partial charge in [-0.05, 0) is 36.6 Å². The van der Waals surface area contributed by atoms with Crippen LogP contribution in [-0.2, 0) is 0 Å². The van der Waals surface area contributed by atoms with Gasteiger partial charge in [0.1, 0.15) is 0 Å². The van der Waals surface area contributed by atoms with Gasteiger partial charge >= 0.3 is 0 Å². The summed E-state index contributed by atoms with van der Waals surface area (Å²) in [7, 11) is 0. The summed E-state index contributed by atoms with van der Waals surface area (Å²) in [4.78, 5) is 0. The molecule has 0 radical (unpaired) electrons. The highest BCUT2D eigenvalue weighted by molar-refractivity contribution is 5.61. The van der Waals surface area contributed by atoms with Gasteiger partial charge in [-0.25, -0.2) is 5.43 Å². The number of nitrogens with zero attached hydrogens (tertiary/aromatic N) is 1. The minimum atomic E-state index is -0.484. The molecule has 3 heteroatoms. The van der Waals surface area contributed by atoms with Crippen molar-refractivity contribution in [2.45, 2.75) is 32.4 Å². The highest BCUT2D eigenvalue weighted by Crippen LogP contribution is 2.23. The topological polar surface area (TPSA) is 35.5 Å². The zero-order chi connectivity index (χ0) is 16.7. The third kappa shape index (κ3) is 4.95. The Morgan fingerprint density at radius 1 is 1.00 bits per heavy atom. The van der Waals surface area contributed by atoms with Gasteiger partial charge in [0, 0.05) is 0 Å². The largest absolute Gasteiger partial charge is 0.391 e. The Hall–Kier alpha value is -2.10. The highest BCUT2D eigenvalue weighted by atomic mass is 16.3. The normalized spacial score (nSPS) is 13.6. The van der Waals surface area contributed by atoms with Crippen molar-refractivity contribution < 1.29 is 5.11 Å². The van der Waals surface area contributed by atoms with E-state index in [2.05, 4.69) is 25.9 Å². The fraction of sp³-hybridized carbons (Fsp3) is 0.300. The zero-order valence-electron chi connectivity index (χ0n) is 13.9. The monoisotopic (exact) mass is 310 g/mol. The first kappa shape index (κ1) is 17.3. The summed E-state index contributed by atoms with van der Waals surface area (Å²) in [5, 5.41) is 12.5. The number of benzene rings is 2. The number of hydrazine groups is 1. The fourth-order valence-electron chi connectivity index (χ4n) is 2.53. The van der Waals surface area contributed by atoms with E-state index in [9.17, 15) is 5.11 Å². The van der Waals surface area contributed by atoms with E-state index < -0.39 is 6.10 Å². The van der Waals surface area contributed by atoms with Gasteiger partial charge in [-0.2, -0.15) is 0 Å². The van der Waals surface area contributed by atoms with Gasteiger partial charge in [-0.15, -0.1) is 6.58 Å². The Balaban J connectivity index is 2.25. The molecule has 0 aliphatic rings. The first-order valence-corrected chi connectivity index (χ1v) is 8.09. The van der Waals surface area contributed by atoms with E-state index in [4.69, 9.17) is 0 Å². The molecule has 0 aliphatic carbocycles. The molecule has 0 heterocycles. The molecule has 2 rings (SSSR count). The van der Waals surface area contributed by atoms with E-state index >= 15 is 0 Å². The second-order valence-corrected chi connectivity index (χ2v) is 6.09. The molecule has 122 valence electrons. The van der Waals surface area contributed by atoms with Crippen LogP contribution < -0.4 is 10.4 Å². The van der Waals surface area contributed by atoms with Gasteiger partial charge in [-0.3, -0.25) is 5.01 Å². The maximum absolute atomic E-state index is 10.5. The van der Waals surface area contributed by atoms with Gasteiger partial charge in [0.25, 0.3) is 0 Å². The van der Waals surface area contributed by atoms with Crippen LogP contribution in [0.25, 0.3) is 0 Å². The van der Waals surface area contributed by atoms with E-state index in [1.807, 2.05) is 65.7 Å². The van der Waals surface area contributed by atoms with Crippen LogP contribution in [0.2, 0.25) is 0 Å². The molecule has 0 saturated carbocycles.